The zero-order chi connectivity index (χ0) is 15.5. The SMILES string of the molecule is CCCCOn1c(S(C)(=O)=O)c(C(C)C)c(=O)[nH]c1=O. The van der Waals surface area contributed by atoms with Crippen LogP contribution in [0.15, 0.2) is 14.6 Å². The molecule has 1 N–H and O–H groups in total. The number of nitrogens with zero attached hydrogens (tertiary/aromatic N) is 1. The number of unbranched alkanes of at least 4 members (excludes halogenated alkanes) is 1. The van der Waals surface area contributed by atoms with Gasteiger partial charge in [0.25, 0.3) is 5.56 Å². The Bertz CT molecular complexity index is 685. The van der Waals surface area contributed by atoms with Crippen molar-refractivity contribution in [2.45, 2.75) is 44.6 Å². The number of rotatable bonds is 6. The third-order valence-electron chi connectivity index (χ3n) is 2.71. The summed E-state index contributed by atoms with van der Waals surface area (Å²) in [5.41, 5.74) is -1.54. The monoisotopic (exact) mass is 304 g/mol. The molecule has 1 aromatic rings. The summed E-state index contributed by atoms with van der Waals surface area (Å²) in [7, 11) is -3.77. The van der Waals surface area contributed by atoms with E-state index in [9.17, 15) is 18.0 Å². The minimum atomic E-state index is -3.77. The van der Waals surface area contributed by atoms with Gasteiger partial charge in [-0.3, -0.25) is 9.78 Å². The molecule has 1 rings (SSSR count). The van der Waals surface area contributed by atoms with Crippen LogP contribution in [0.5, 0.6) is 0 Å². The van der Waals surface area contributed by atoms with Crippen LogP contribution in [-0.2, 0) is 9.84 Å². The first kappa shape index (κ1) is 16.5. The number of hydrogen-bond acceptors (Lipinski definition) is 5. The zero-order valence-electron chi connectivity index (χ0n) is 12.1. The summed E-state index contributed by atoms with van der Waals surface area (Å²) >= 11 is 0. The Labute approximate surface area is 117 Å². The quantitative estimate of drug-likeness (QED) is 0.602. The van der Waals surface area contributed by atoms with Gasteiger partial charge < -0.3 is 4.84 Å². The van der Waals surface area contributed by atoms with Crippen LogP contribution in [0, 0.1) is 0 Å². The topological polar surface area (TPSA) is 98.2 Å². The summed E-state index contributed by atoms with van der Waals surface area (Å²) in [6.45, 7) is 5.50. The number of nitrogens with one attached hydrogen (secondary N) is 1. The second kappa shape index (κ2) is 6.25. The van der Waals surface area contributed by atoms with E-state index in [1.54, 1.807) is 13.8 Å². The van der Waals surface area contributed by atoms with E-state index >= 15 is 0 Å². The largest absolute Gasteiger partial charge is 0.408 e. The van der Waals surface area contributed by atoms with Crippen LogP contribution in [-0.4, -0.2) is 31.0 Å². The Balaban J connectivity index is 3.61. The third-order valence-corrected chi connectivity index (χ3v) is 3.80. The number of aromatic nitrogens is 2. The summed E-state index contributed by atoms with van der Waals surface area (Å²) in [5, 5.41) is -0.364. The highest BCUT2D eigenvalue weighted by Crippen LogP contribution is 2.18. The molecule has 0 radical (unpaired) electrons. The van der Waals surface area contributed by atoms with Crippen molar-refractivity contribution < 1.29 is 13.3 Å². The molecule has 0 aliphatic carbocycles. The van der Waals surface area contributed by atoms with Gasteiger partial charge in [-0.25, -0.2) is 13.2 Å². The summed E-state index contributed by atoms with van der Waals surface area (Å²) in [6, 6.07) is 0. The smallest absolute Gasteiger partial charge is 0.362 e. The van der Waals surface area contributed by atoms with E-state index in [1.165, 1.54) is 0 Å². The Morgan fingerprint density at radius 2 is 1.90 bits per heavy atom. The number of aromatic amines is 1. The lowest BCUT2D eigenvalue weighted by Crippen LogP contribution is -2.40. The molecule has 1 aromatic heterocycles. The molecule has 0 saturated heterocycles. The van der Waals surface area contributed by atoms with Crippen LogP contribution in [0.25, 0.3) is 0 Å². The van der Waals surface area contributed by atoms with Crippen molar-refractivity contribution in [2.24, 2.45) is 0 Å². The Kier molecular flexibility index (Phi) is 5.15. The van der Waals surface area contributed by atoms with E-state index in [0.29, 0.717) is 11.2 Å². The molecule has 0 aromatic carbocycles. The highest BCUT2D eigenvalue weighted by atomic mass is 32.2. The number of sulfone groups is 1. The van der Waals surface area contributed by atoms with Crippen molar-refractivity contribution >= 4 is 9.84 Å². The summed E-state index contributed by atoms with van der Waals surface area (Å²) in [4.78, 5) is 31.0. The zero-order valence-corrected chi connectivity index (χ0v) is 12.9. The molecule has 0 bridgehead atoms. The van der Waals surface area contributed by atoms with Gasteiger partial charge in [0.15, 0.2) is 14.9 Å². The first-order valence-electron chi connectivity index (χ1n) is 6.42. The normalized spacial score (nSPS) is 11.8. The van der Waals surface area contributed by atoms with Crippen molar-refractivity contribution in [1.29, 1.82) is 0 Å². The van der Waals surface area contributed by atoms with E-state index < -0.39 is 21.1 Å². The van der Waals surface area contributed by atoms with Crippen molar-refractivity contribution in [1.82, 2.24) is 9.71 Å². The Hall–Kier alpha value is -1.57. The second-order valence-electron chi connectivity index (χ2n) is 4.89. The molecule has 0 amide bonds. The fraction of sp³-hybridized carbons (Fsp3) is 0.667. The summed E-state index contributed by atoms with van der Waals surface area (Å²) in [5.74, 6) is -0.356. The minimum Gasteiger partial charge on any atom is -0.408 e. The molecule has 8 heteroatoms. The van der Waals surface area contributed by atoms with Gasteiger partial charge in [-0.15, -0.1) is 4.73 Å². The van der Waals surface area contributed by atoms with Gasteiger partial charge in [-0.1, -0.05) is 27.2 Å². The predicted molar refractivity (Wildman–Crippen MR) is 74.9 cm³/mol. The maximum atomic E-state index is 11.9. The fourth-order valence-electron chi connectivity index (χ4n) is 1.79. The van der Waals surface area contributed by atoms with Crippen LogP contribution in [0.1, 0.15) is 45.1 Å². The molecular weight excluding hydrogens is 284 g/mol. The first-order valence-corrected chi connectivity index (χ1v) is 8.31. The van der Waals surface area contributed by atoms with Crippen LogP contribution >= 0.6 is 0 Å². The highest BCUT2D eigenvalue weighted by molar-refractivity contribution is 7.90. The first-order chi connectivity index (χ1) is 9.20. The van der Waals surface area contributed by atoms with Crippen molar-refractivity contribution in [3.05, 3.63) is 26.4 Å². The molecule has 0 fully saturated rings. The molecule has 20 heavy (non-hydrogen) atoms. The lowest BCUT2D eigenvalue weighted by atomic mass is 10.1. The summed E-state index contributed by atoms with van der Waals surface area (Å²) in [6.07, 6.45) is 2.46. The predicted octanol–water partition coefficient (Wildman–Crippen LogP) is 0.292. The second-order valence-corrected chi connectivity index (χ2v) is 6.82. The lowest BCUT2D eigenvalue weighted by Gasteiger charge is -2.16. The van der Waals surface area contributed by atoms with Crippen LogP contribution in [0.2, 0.25) is 0 Å². The van der Waals surface area contributed by atoms with Gasteiger partial charge in [-0.05, 0) is 12.3 Å². The van der Waals surface area contributed by atoms with Crippen LogP contribution < -0.4 is 16.1 Å². The van der Waals surface area contributed by atoms with Crippen LogP contribution in [0.4, 0.5) is 0 Å². The van der Waals surface area contributed by atoms with E-state index in [-0.39, 0.29) is 23.1 Å². The van der Waals surface area contributed by atoms with Gasteiger partial charge in [0.2, 0.25) is 0 Å². The maximum Gasteiger partial charge on any atom is 0.362 e. The van der Waals surface area contributed by atoms with Crippen molar-refractivity contribution in [3.8, 4) is 0 Å². The molecular formula is C12H20N2O5S. The van der Waals surface area contributed by atoms with E-state index in [1.807, 2.05) is 6.92 Å². The number of H-pyrrole nitrogens is 1. The van der Waals surface area contributed by atoms with Crippen LogP contribution in [0.3, 0.4) is 0 Å². The molecule has 0 atom stereocenters. The minimum absolute atomic E-state index is 0.0311. The Morgan fingerprint density at radius 1 is 1.30 bits per heavy atom. The van der Waals surface area contributed by atoms with Crippen molar-refractivity contribution in [3.63, 3.8) is 0 Å². The fourth-order valence-corrected chi connectivity index (χ4v) is 2.96. The molecule has 0 aliphatic rings. The maximum absolute atomic E-state index is 11.9. The standard InChI is InChI=1S/C12H20N2O5S/c1-5-6-7-19-14-11(20(4,17)18)9(8(2)3)10(15)13-12(14)16/h8H,5-7H2,1-4H3,(H,13,15,16). The van der Waals surface area contributed by atoms with Crippen molar-refractivity contribution in [2.75, 3.05) is 12.9 Å². The average molecular weight is 304 g/mol. The van der Waals surface area contributed by atoms with Gasteiger partial charge in [-0.2, -0.15) is 0 Å². The van der Waals surface area contributed by atoms with E-state index in [2.05, 4.69) is 4.98 Å². The molecule has 0 saturated carbocycles. The molecule has 0 unspecified atom stereocenters. The molecule has 0 spiro atoms. The highest BCUT2D eigenvalue weighted by Gasteiger charge is 2.26. The van der Waals surface area contributed by atoms with Gasteiger partial charge >= 0.3 is 5.69 Å². The third kappa shape index (κ3) is 3.50. The van der Waals surface area contributed by atoms with Gasteiger partial charge in [0.05, 0.1) is 5.56 Å². The van der Waals surface area contributed by atoms with E-state index in [0.717, 1.165) is 12.7 Å². The molecule has 1 heterocycles. The molecule has 7 nitrogen and oxygen atoms in total. The molecule has 0 aliphatic heterocycles. The number of hydrogen-bond donors (Lipinski definition) is 1. The lowest BCUT2D eigenvalue weighted by molar-refractivity contribution is 0.0748. The van der Waals surface area contributed by atoms with E-state index in [4.69, 9.17) is 4.84 Å². The average Bonchev–Trinajstić information content (AvgIpc) is 2.29. The van der Waals surface area contributed by atoms with Gasteiger partial charge in [0.1, 0.15) is 6.61 Å². The van der Waals surface area contributed by atoms with Gasteiger partial charge in [0, 0.05) is 6.26 Å². The molecule has 114 valence electrons. The Morgan fingerprint density at radius 3 is 2.35 bits per heavy atom. The summed E-state index contributed by atoms with van der Waals surface area (Å²) < 4.78 is 24.5.